The Morgan fingerprint density at radius 1 is 1.45 bits per heavy atom. The molecule has 6 nitrogen and oxygen atoms in total. The second-order valence-electron chi connectivity index (χ2n) is 6.44. The molecular formula is C14H24N4O2. The number of hydrogen-bond acceptors (Lipinski definition) is 4. The van der Waals surface area contributed by atoms with Crippen LogP contribution < -0.4 is 5.32 Å². The van der Waals surface area contributed by atoms with E-state index in [4.69, 9.17) is 0 Å². The molecular weight excluding hydrogens is 256 g/mol. The Morgan fingerprint density at radius 3 is 2.55 bits per heavy atom. The topological polar surface area (TPSA) is 73.0 Å². The molecule has 0 spiro atoms. The van der Waals surface area contributed by atoms with Gasteiger partial charge >= 0.3 is 5.69 Å². The molecule has 0 atom stereocenters. The summed E-state index contributed by atoms with van der Waals surface area (Å²) in [5, 5.41) is 18.9. The van der Waals surface area contributed by atoms with Crippen LogP contribution in [0.3, 0.4) is 0 Å². The van der Waals surface area contributed by atoms with Crippen LogP contribution in [0.2, 0.25) is 0 Å². The second kappa shape index (κ2) is 5.42. The van der Waals surface area contributed by atoms with Crippen LogP contribution >= 0.6 is 0 Å². The van der Waals surface area contributed by atoms with Gasteiger partial charge in [0, 0.05) is 12.6 Å². The zero-order chi connectivity index (χ0) is 14.9. The molecule has 0 amide bonds. The molecule has 1 aromatic heterocycles. The normalized spacial score (nSPS) is 19.0. The molecule has 1 aliphatic carbocycles. The van der Waals surface area contributed by atoms with Crippen molar-refractivity contribution < 1.29 is 4.92 Å². The van der Waals surface area contributed by atoms with Crippen molar-refractivity contribution in [3.8, 4) is 0 Å². The van der Waals surface area contributed by atoms with Gasteiger partial charge in [-0.15, -0.1) is 0 Å². The maximum atomic E-state index is 11.2. The zero-order valence-corrected chi connectivity index (χ0v) is 12.8. The van der Waals surface area contributed by atoms with Crippen molar-refractivity contribution in [2.45, 2.75) is 66.0 Å². The summed E-state index contributed by atoms with van der Waals surface area (Å²) in [5.74, 6) is 0.569. The van der Waals surface area contributed by atoms with Crippen molar-refractivity contribution in [1.82, 2.24) is 9.78 Å². The summed E-state index contributed by atoms with van der Waals surface area (Å²) in [6, 6.07) is 0.308. The van der Waals surface area contributed by atoms with Gasteiger partial charge in [-0.05, 0) is 44.9 Å². The average Bonchev–Trinajstić information content (AvgIpc) is 2.68. The molecule has 1 aliphatic rings. The third kappa shape index (κ3) is 2.94. The quantitative estimate of drug-likeness (QED) is 0.676. The van der Waals surface area contributed by atoms with Gasteiger partial charge in [-0.25, -0.2) is 4.68 Å². The molecule has 112 valence electrons. The number of aromatic nitrogens is 2. The first-order chi connectivity index (χ1) is 9.34. The predicted octanol–water partition coefficient (Wildman–Crippen LogP) is 3.50. The Hall–Kier alpha value is -1.59. The zero-order valence-electron chi connectivity index (χ0n) is 12.8. The predicted molar refractivity (Wildman–Crippen MR) is 79.0 cm³/mol. The Balaban J connectivity index is 2.19. The molecule has 1 heterocycles. The Morgan fingerprint density at radius 2 is 2.05 bits per heavy atom. The molecule has 0 aliphatic heterocycles. The van der Waals surface area contributed by atoms with Crippen LogP contribution in [0.25, 0.3) is 0 Å². The minimum atomic E-state index is -0.330. The van der Waals surface area contributed by atoms with Gasteiger partial charge in [0.25, 0.3) is 0 Å². The molecule has 0 saturated heterocycles. The van der Waals surface area contributed by atoms with E-state index in [2.05, 4.69) is 24.3 Å². The third-order valence-corrected chi connectivity index (χ3v) is 4.26. The number of nitrogens with zero attached hydrogens (tertiary/aromatic N) is 3. The first-order valence-electron chi connectivity index (χ1n) is 7.32. The molecule has 0 unspecified atom stereocenters. The molecule has 0 radical (unpaired) electrons. The van der Waals surface area contributed by atoms with Gasteiger partial charge in [0.05, 0.1) is 4.92 Å². The number of hydrogen-bond donors (Lipinski definition) is 1. The highest BCUT2D eigenvalue weighted by Gasteiger charge is 2.30. The molecule has 1 fully saturated rings. The number of nitrogens with one attached hydrogen (secondary N) is 1. The summed E-state index contributed by atoms with van der Waals surface area (Å²) < 4.78 is 1.70. The van der Waals surface area contributed by atoms with Gasteiger partial charge < -0.3 is 5.32 Å². The summed E-state index contributed by atoms with van der Waals surface area (Å²) in [5.41, 5.74) is 0.998. The van der Waals surface area contributed by atoms with Crippen molar-refractivity contribution >= 4 is 11.5 Å². The Kier molecular flexibility index (Phi) is 4.01. The lowest BCUT2D eigenvalue weighted by molar-refractivity contribution is -0.384. The second-order valence-corrected chi connectivity index (χ2v) is 6.44. The molecule has 1 saturated carbocycles. The number of aryl methyl sites for hydroxylation is 2. The van der Waals surface area contributed by atoms with Gasteiger partial charge in [0.1, 0.15) is 5.69 Å². The smallest absolute Gasteiger partial charge is 0.333 e. The maximum absolute atomic E-state index is 11.2. The van der Waals surface area contributed by atoms with Crippen LogP contribution in [0.15, 0.2) is 0 Å². The number of nitro groups is 1. The van der Waals surface area contributed by atoms with Crippen LogP contribution in [0.5, 0.6) is 0 Å². The summed E-state index contributed by atoms with van der Waals surface area (Å²) in [6.45, 7) is 8.85. The van der Waals surface area contributed by atoms with Gasteiger partial charge in [-0.2, -0.15) is 5.10 Å². The minimum Gasteiger partial charge on any atom is -0.362 e. The maximum Gasteiger partial charge on any atom is 0.333 e. The fourth-order valence-electron chi connectivity index (χ4n) is 2.90. The largest absolute Gasteiger partial charge is 0.362 e. The van der Waals surface area contributed by atoms with Crippen molar-refractivity contribution in [3.63, 3.8) is 0 Å². The fourth-order valence-corrected chi connectivity index (χ4v) is 2.90. The van der Waals surface area contributed by atoms with Crippen LogP contribution in [-0.4, -0.2) is 20.7 Å². The lowest BCUT2D eigenvalue weighted by atomic mass is 9.75. The Bertz CT molecular complexity index is 498. The summed E-state index contributed by atoms with van der Waals surface area (Å²) in [7, 11) is 0. The first-order valence-corrected chi connectivity index (χ1v) is 7.32. The Labute approximate surface area is 119 Å². The SMILES string of the molecule is CCn1nc(C)c([N+](=O)[O-])c1NC1CCC(C)(C)CC1. The highest BCUT2D eigenvalue weighted by atomic mass is 16.6. The molecule has 1 aromatic rings. The summed E-state index contributed by atoms with van der Waals surface area (Å²) in [6.07, 6.45) is 4.41. The van der Waals surface area contributed by atoms with E-state index in [1.54, 1.807) is 11.6 Å². The average molecular weight is 280 g/mol. The number of rotatable bonds is 4. The van der Waals surface area contributed by atoms with Crippen molar-refractivity contribution in [2.24, 2.45) is 5.41 Å². The molecule has 20 heavy (non-hydrogen) atoms. The van der Waals surface area contributed by atoms with Gasteiger partial charge in [0.2, 0.25) is 5.82 Å². The lowest BCUT2D eigenvalue weighted by Crippen LogP contribution is -2.30. The number of anilines is 1. The molecule has 0 aromatic carbocycles. The first kappa shape index (κ1) is 14.8. The van der Waals surface area contributed by atoms with Crippen LogP contribution in [-0.2, 0) is 6.54 Å². The van der Waals surface area contributed by atoms with E-state index < -0.39 is 0 Å². The standard InChI is InChI=1S/C14H24N4O2/c1-5-17-13(12(18(19)20)10(2)16-17)15-11-6-8-14(3,4)9-7-11/h11,15H,5-9H2,1-4H3. The molecule has 6 heteroatoms. The molecule has 0 bridgehead atoms. The van der Waals surface area contributed by atoms with E-state index in [9.17, 15) is 10.1 Å². The van der Waals surface area contributed by atoms with E-state index in [1.165, 1.54) is 0 Å². The van der Waals surface area contributed by atoms with E-state index in [-0.39, 0.29) is 10.6 Å². The van der Waals surface area contributed by atoms with Gasteiger partial charge in [-0.1, -0.05) is 13.8 Å². The van der Waals surface area contributed by atoms with Crippen LogP contribution in [0.1, 0.15) is 52.1 Å². The van der Waals surface area contributed by atoms with Crippen LogP contribution in [0.4, 0.5) is 11.5 Å². The highest BCUT2D eigenvalue weighted by molar-refractivity contribution is 5.60. The fraction of sp³-hybridized carbons (Fsp3) is 0.786. The van der Waals surface area contributed by atoms with Gasteiger partial charge in [0.15, 0.2) is 0 Å². The van der Waals surface area contributed by atoms with E-state index in [1.807, 2.05) is 6.92 Å². The van der Waals surface area contributed by atoms with E-state index in [0.29, 0.717) is 29.5 Å². The minimum absolute atomic E-state index is 0.122. The van der Waals surface area contributed by atoms with Crippen molar-refractivity contribution in [1.29, 1.82) is 0 Å². The van der Waals surface area contributed by atoms with Crippen LogP contribution in [0, 0.1) is 22.5 Å². The molecule has 1 N–H and O–H groups in total. The van der Waals surface area contributed by atoms with E-state index in [0.717, 1.165) is 25.7 Å². The highest BCUT2D eigenvalue weighted by Crippen LogP contribution is 2.37. The van der Waals surface area contributed by atoms with Crippen molar-refractivity contribution in [2.75, 3.05) is 5.32 Å². The lowest BCUT2D eigenvalue weighted by Gasteiger charge is -2.34. The van der Waals surface area contributed by atoms with E-state index >= 15 is 0 Å². The third-order valence-electron chi connectivity index (χ3n) is 4.26. The monoisotopic (exact) mass is 280 g/mol. The van der Waals surface area contributed by atoms with Crippen molar-refractivity contribution in [3.05, 3.63) is 15.8 Å². The summed E-state index contributed by atoms with van der Waals surface area (Å²) >= 11 is 0. The summed E-state index contributed by atoms with van der Waals surface area (Å²) in [4.78, 5) is 10.9. The molecule has 2 rings (SSSR count). The van der Waals surface area contributed by atoms with Gasteiger partial charge in [-0.3, -0.25) is 10.1 Å².